The van der Waals surface area contributed by atoms with Crippen molar-refractivity contribution < 1.29 is 18.3 Å². The summed E-state index contributed by atoms with van der Waals surface area (Å²) >= 11 is 7.74. The van der Waals surface area contributed by atoms with Crippen molar-refractivity contribution in [3.05, 3.63) is 40.4 Å². The van der Waals surface area contributed by atoms with Crippen LogP contribution >= 0.6 is 22.9 Å². The lowest BCUT2D eigenvalue weighted by atomic mass is 9.97. The van der Waals surface area contributed by atoms with E-state index in [4.69, 9.17) is 27.1 Å². The molecule has 3 atom stereocenters. The van der Waals surface area contributed by atoms with Gasteiger partial charge in [0.1, 0.15) is 40.9 Å². The zero-order valence-corrected chi connectivity index (χ0v) is 26.3. The van der Waals surface area contributed by atoms with Crippen LogP contribution in [-0.4, -0.2) is 90.2 Å². The first-order chi connectivity index (χ1) is 21.7. The number of carbonyl (C=O) groups excluding carboxylic acids is 1. The third-order valence-corrected chi connectivity index (χ3v) is 10.4. The van der Waals surface area contributed by atoms with Crippen LogP contribution in [0.25, 0.3) is 32.1 Å². The molecule has 0 radical (unpaired) electrons. The Balaban J connectivity index is 1.32. The maximum absolute atomic E-state index is 16.8. The first kappa shape index (κ1) is 29.9. The number of likely N-dealkylation sites (N-methyl/N-ethyl adjacent to an activating group) is 1. The van der Waals surface area contributed by atoms with Gasteiger partial charge in [0, 0.05) is 54.6 Å². The SMILES string of the molecule is C[C@H]1N[C@H]1C(=O)N1CCN(c2nc(OC[C@@H]3CCCN3C)nc3c(F)c(-c4ccc(F)c5sc(N)c(C#N)c45)c(Cl)cc23)CC1. The number of piperazine rings is 1. The number of amides is 1. The summed E-state index contributed by atoms with van der Waals surface area (Å²) in [4.78, 5) is 28.1. The molecule has 3 aliphatic heterocycles. The molecule has 0 bridgehead atoms. The molecule has 0 spiro atoms. The minimum Gasteiger partial charge on any atom is -0.462 e. The van der Waals surface area contributed by atoms with E-state index in [0.29, 0.717) is 44.0 Å². The second kappa shape index (κ2) is 11.5. The molecule has 45 heavy (non-hydrogen) atoms. The molecule has 0 aliphatic carbocycles. The number of hydrogen-bond donors (Lipinski definition) is 2. The van der Waals surface area contributed by atoms with Crippen LogP contribution < -0.4 is 20.7 Å². The number of rotatable bonds is 6. The van der Waals surface area contributed by atoms with Gasteiger partial charge in [-0.15, -0.1) is 11.3 Å². The normalized spacial score (nSPS) is 21.9. The van der Waals surface area contributed by atoms with Crippen LogP contribution in [0.3, 0.4) is 0 Å². The van der Waals surface area contributed by atoms with E-state index in [-0.39, 0.29) is 72.4 Å². The summed E-state index contributed by atoms with van der Waals surface area (Å²) in [5, 5.41) is 13.7. The van der Waals surface area contributed by atoms with Gasteiger partial charge < -0.3 is 25.2 Å². The molecular weight excluding hydrogens is 622 g/mol. The second-order valence-electron chi connectivity index (χ2n) is 11.9. The second-order valence-corrected chi connectivity index (χ2v) is 13.3. The van der Waals surface area contributed by atoms with Gasteiger partial charge in [-0.1, -0.05) is 17.7 Å². The van der Waals surface area contributed by atoms with E-state index in [2.05, 4.69) is 15.2 Å². The third-order valence-electron chi connectivity index (χ3n) is 9.11. The lowest BCUT2D eigenvalue weighted by molar-refractivity contribution is -0.131. The average molecular weight is 653 g/mol. The van der Waals surface area contributed by atoms with Gasteiger partial charge in [-0.25, -0.2) is 8.78 Å². The number of carbonyl (C=O) groups is 1. The molecule has 0 saturated carbocycles. The maximum atomic E-state index is 16.8. The van der Waals surface area contributed by atoms with E-state index in [0.717, 1.165) is 30.7 Å². The molecule has 10 nitrogen and oxygen atoms in total. The van der Waals surface area contributed by atoms with Crippen molar-refractivity contribution in [2.45, 2.75) is 37.9 Å². The highest BCUT2D eigenvalue weighted by Crippen LogP contribution is 2.45. The summed E-state index contributed by atoms with van der Waals surface area (Å²) in [6, 6.07) is 6.50. The number of nitriles is 1. The number of benzene rings is 2. The summed E-state index contributed by atoms with van der Waals surface area (Å²) in [6.45, 7) is 5.21. The average Bonchev–Trinajstić information content (AvgIpc) is 3.45. The molecule has 7 rings (SSSR count). The van der Waals surface area contributed by atoms with Crippen molar-refractivity contribution in [3.8, 4) is 23.2 Å². The van der Waals surface area contributed by atoms with Crippen LogP contribution in [0.1, 0.15) is 25.3 Å². The van der Waals surface area contributed by atoms with Crippen molar-refractivity contribution in [1.29, 1.82) is 5.26 Å². The predicted octanol–water partition coefficient (Wildman–Crippen LogP) is 4.38. The molecule has 3 N–H and O–H groups in total. The number of thiophene rings is 1. The molecule has 4 aromatic rings. The molecule has 3 saturated heterocycles. The monoisotopic (exact) mass is 652 g/mol. The van der Waals surface area contributed by atoms with Gasteiger partial charge in [0.25, 0.3) is 0 Å². The zero-order chi connectivity index (χ0) is 31.6. The topological polar surface area (TPSA) is 134 Å². The Morgan fingerprint density at radius 1 is 1.24 bits per heavy atom. The Kier molecular flexibility index (Phi) is 7.64. The first-order valence-electron chi connectivity index (χ1n) is 14.9. The number of nitrogens with two attached hydrogens (primary N) is 1. The summed E-state index contributed by atoms with van der Waals surface area (Å²) < 4.78 is 37.8. The smallest absolute Gasteiger partial charge is 0.319 e. The summed E-state index contributed by atoms with van der Waals surface area (Å²) in [5.74, 6) is -0.775. The Morgan fingerprint density at radius 3 is 2.67 bits per heavy atom. The van der Waals surface area contributed by atoms with Crippen LogP contribution in [-0.2, 0) is 4.79 Å². The van der Waals surface area contributed by atoms with Crippen LogP contribution in [0.2, 0.25) is 5.02 Å². The number of nitrogen functional groups attached to an aromatic ring is 1. The van der Waals surface area contributed by atoms with Gasteiger partial charge in [0.05, 0.1) is 15.3 Å². The quantitative estimate of drug-likeness (QED) is 0.291. The minimum absolute atomic E-state index is 0.0112. The Labute approximate surface area is 267 Å². The molecule has 2 aromatic heterocycles. The van der Waals surface area contributed by atoms with Crippen LogP contribution in [0.4, 0.5) is 19.6 Å². The molecule has 3 aliphatic rings. The zero-order valence-electron chi connectivity index (χ0n) is 24.7. The van der Waals surface area contributed by atoms with Crippen molar-refractivity contribution in [3.63, 3.8) is 0 Å². The van der Waals surface area contributed by atoms with Gasteiger partial charge in [0.2, 0.25) is 5.91 Å². The van der Waals surface area contributed by atoms with Crippen LogP contribution in [0, 0.1) is 23.0 Å². The molecule has 2 aromatic carbocycles. The standard InChI is InChI=1S/C31H31ClF2N8O2S/c1-15-25(37-15)30(43)42-10-8-41(9-11-42)29-18-12-20(32)23(17-5-6-21(33)27-22(17)19(13-35)28(36)45-27)24(34)26(18)38-31(39-29)44-14-16-4-3-7-40(16)2/h5-6,12,15-16,25,37H,3-4,7-11,14,36H2,1-2H3/t15-,16+,25-/m1/s1. The van der Waals surface area contributed by atoms with Gasteiger partial charge in [-0.05, 0) is 51.1 Å². The summed E-state index contributed by atoms with van der Waals surface area (Å²) in [7, 11) is 2.04. The molecule has 1 amide bonds. The molecule has 3 fully saturated rings. The third kappa shape index (κ3) is 5.19. The number of aromatic nitrogens is 2. The van der Waals surface area contributed by atoms with Crippen molar-refractivity contribution in [1.82, 2.24) is 25.1 Å². The Hall–Kier alpha value is -3.83. The molecule has 234 valence electrons. The fourth-order valence-electron chi connectivity index (χ4n) is 6.43. The van der Waals surface area contributed by atoms with E-state index in [9.17, 15) is 14.4 Å². The van der Waals surface area contributed by atoms with E-state index in [1.165, 1.54) is 12.1 Å². The number of fused-ring (bicyclic) bond motifs is 2. The predicted molar refractivity (Wildman–Crippen MR) is 171 cm³/mol. The Morgan fingerprint density at radius 2 is 2.00 bits per heavy atom. The van der Waals surface area contributed by atoms with Gasteiger partial charge >= 0.3 is 6.01 Å². The highest BCUT2D eigenvalue weighted by molar-refractivity contribution is 7.23. The van der Waals surface area contributed by atoms with Gasteiger partial charge in [0.15, 0.2) is 5.82 Å². The minimum atomic E-state index is -0.742. The lowest BCUT2D eigenvalue weighted by Gasteiger charge is -2.36. The maximum Gasteiger partial charge on any atom is 0.319 e. The van der Waals surface area contributed by atoms with E-state index in [1.54, 1.807) is 6.07 Å². The van der Waals surface area contributed by atoms with Gasteiger partial charge in [-0.3, -0.25) is 10.1 Å². The summed E-state index contributed by atoms with van der Waals surface area (Å²) in [6.07, 6.45) is 2.04. The number of hydrogen-bond acceptors (Lipinski definition) is 10. The van der Waals surface area contributed by atoms with Crippen molar-refractivity contribution >= 4 is 60.7 Å². The van der Waals surface area contributed by atoms with Crippen molar-refractivity contribution in [2.75, 3.05) is 57.0 Å². The first-order valence-corrected chi connectivity index (χ1v) is 16.1. The van der Waals surface area contributed by atoms with Crippen LogP contribution in [0.5, 0.6) is 6.01 Å². The fraction of sp³-hybridized carbons (Fsp3) is 0.419. The number of ether oxygens (including phenoxy) is 1. The highest BCUT2D eigenvalue weighted by Gasteiger charge is 2.41. The number of likely N-dealkylation sites (tertiary alicyclic amines) is 1. The van der Waals surface area contributed by atoms with E-state index >= 15 is 4.39 Å². The number of halogens is 3. The lowest BCUT2D eigenvalue weighted by Crippen LogP contribution is -2.50. The highest BCUT2D eigenvalue weighted by atomic mass is 35.5. The number of nitrogens with one attached hydrogen (secondary N) is 1. The molecule has 14 heteroatoms. The molecule has 5 heterocycles. The number of anilines is 2. The molecule has 0 unspecified atom stereocenters. The van der Waals surface area contributed by atoms with Crippen LogP contribution in [0.15, 0.2) is 18.2 Å². The van der Waals surface area contributed by atoms with E-state index < -0.39 is 11.6 Å². The molecular formula is C31H31ClF2N8O2S. The number of nitrogens with zero attached hydrogens (tertiary/aromatic N) is 6. The van der Waals surface area contributed by atoms with E-state index in [1.807, 2.05) is 29.8 Å². The van der Waals surface area contributed by atoms with Gasteiger partial charge in [-0.2, -0.15) is 15.2 Å². The summed E-state index contributed by atoms with van der Waals surface area (Å²) in [5.41, 5.74) is 6.33. The fourth-order valence-corrected chi connectivity index (χ4v) is 7.67. The largest absolute Gasteiger partial charge is 0.462 e. The van der Waals surface area contributed by atoms with Crippen molar-refractivity contribution in [2.24, 2.45) is 0 Å². The Bertz CT molecular complexity index is 1890.